The Kier molecular flexibility index (Phi) is 4.97. The minimum Gasteiger partial charge on any atom is -0.480 e. The van der Waals surface area contributed by atoms with Gasteiger partial charge in [0.2, 0.25) is 0 Å². The van der Waals surface area contributed by atoms with E-state index in [4.69, 9.17) is 10.8 Å². The molecule has 1 unspecified atom stereocenters. The molecule has 1 aromatic rings. The SMILES string of the molecule is CC(C)(C)c1ccc(C(N)C(=O)O)cc1.Cl. The molecule has 16 heavy (non-hydrogen) atoms. The van der Waals surface area contributed by atoms with Crippen LogP contribution in [0.4, 0.5) is 0 Å². The molecule has 1 atom stereocenters. The van der Waals surface area contributed by atoms with Crippen LogP contribution < -0.4 is 5.73 Å². The highest BCUT2D eigenvalue weighted by molar-refractivity contribution is 5.85. The second kappa shape index (κ2) is 5.32. The first-order valence-corrected chi connectivity index (χ1v) is 4.91. The molecule has 0 aromatic heterocycles. The van der Waals surface area contributed by atoms with Gasteiger partial charge in [-0.25, -0.2) is 0 Å². The average molecular weight is 244 g/mol. The summed E-state index contributed by atoms with van der Waals surface area (Å²) in [5, 5.41) is 8.74. The summed E-state index contributed by atoms with van der Waals surface area (Å²) in [6.07, 6.45) is 0. The lowest BCUT2D eigenvalue weighted by Crippen LogP contribution is -2.21. The fraction of sp³-hybridized carbons (Fsp3) is 0.417. The first-order chi connectivity index (χ1) is 6.82. The van der Waals surface area contributed by atoms with Gasteiger partial charge in [-0.1, -0.05) is 45.0 Å². The number of benzene rings is 1. The van der Waals surface area contributed by atoms with Gasteiger partial charge in [0, 0.05) is 0 Å². The van der Waals surface area contributed by atoms with Crippen LogP contribution in [-0.4, -0.2) is 11.1 Å². The number of aliphatic carboxylic acids is 1. The van der Waals surface area contributed by atoms with E-state index in [2.05, 4.69) is 20.8 Å². The lowest BCUT2D eigenvalue weighted by atomic mass is 9.86. The second-order valence-electron chi connectivity index (χ2n) is 4.69. The highest BCUT2D eigenvalue weighted by Crippen LogP contribution is 2.23. The molecule has 1 rings (SSSR count). The van der Waals surface area contributed by atoms with Crippen LogP contribution in [0.2, 0.25) is 0 Å². The lowest BCUT2D eigenvalue weighted by molar-refractivity contribution is -0.138. The number of rotatable bonds is 2. The summed E-state index contributed by atoms with van der Waals surface area (Å²) in [5.41, 5.74) is 7.38. The molecule has 4 heteroatoms. The van der Waals surface area contributed by atoms with Gasteiger partial charge in [-0.05, 0) is 16.5 Å². The average Bonchev–Trinajstić information content (AvgIpc) is 2.15. The molecule has 3 nitrogen and oxygen atoms in total. The van der Waals surface area contributed by atoms with Crippen LogP contribution in [0.1, 0.15) is 37.9 Å². The third-order valence-electron chi connectivity index (χ3n) is 2.40. The highest BCUT2D eigenvalue weighted by Gasteiger charge is 2.16. The van der Waals surface area contributed by atoms with Crippen LogP contribution in [0.15, 0.2) is 24.3 Å². The third kappa shape index (κ3) is 3.51. The Hall–Kier alpha value is -1.06. The topological polar surface area (TPSA) is 63.3 Å². The third-order valence-corrected chi connectivity index (χ3v) is 2.40. The number of carboxylic acid groups (broad SMARTS) is 1. The largest absolute Gasteiger partial charge is 0.480 e. The van der Waals surface area contributed by atoms with Gasteiger partial charge < -0.3 is 10.8 Å². The Labute approximate surface area is 102 Å². The molecule has 0 saturated carbocycles. The monoisotopic (exact) mass is 243 g/mol. The molecule has 0 spiro atoms. The van der Waals surface area contributed by atoms with Crippen molar-refractivity contribution < 1.29 is 9.90 Å². The molecule has 90 valence electrons. The summed E-state index contributed by atoms with van der Waals surface area (Å²) >= 11 is 0. The zero-order valence-electron chi connectivity index (χ0n) is 9.73. The molecule has 0 bridgehead atoms. The van der Waals surface area contributed by atoms with Gasteiger partial charge in [0.25, 0.3) is 0 Å². The van der Waals surface area contributed by atoms with E-state index in [9.17, 15) is 4.79 Å². The number of carboxylic acids is 1. The number of halogens is 1. The van der Waals surface area contributed by atoms with Crippen LogP contribution in [0.25, 0.3) is 0 Å². The van der Waals surface area contributed by atoms with Crippen molar-refractivity contribution >= 4 is 18.4 Å². The predicted octanol–water partition coefficient (Wildman–Crippen LogP) is 2.49. The Bertz CT molecular complexity index is 354. The summed E-state index contributed by atoms with van der Waals surface area (Å²) in [4.78, 5) is 10.7. The van der Waals surface area contributed by atoms with Crippen molar-refractivity contribution in [2.75, 3.05) is 0 Å². The number of nitrogens with two attached hydrogens (primary N) is 1. The lowest BCUT2D eigenvalue weighted by Gasteiger charge is -2.19. The van der Waals surface area contributed by atoms with E-state index in [-0.39, 0.29) is 17.8 Å². The number of carbonyl (C=O) groups is 1. The standard InChI is InChI=1S/C12H17NO2.ClH/c1-12(2,3)9-6-4-8(5-7-9)10(13)11(14)15;/h4-7,10H,13H2,1-3H3,(H,14,15);1H. The van der Waals surface area contributed by atoms with E-state index in [1.165, 1.54) is 5.56 Å². The fourth-order valence-corrected chi connectivity index (χ4v) is 1.33. The molecule has 0 aliphatic carbocycles. The van der Waals surface area contributed by atoms with E-state index >= 15 is 0 Å². The molecule has 3 N–H and O–H groups in total. The van der Waals surface area contributed by atoms with E-state index in [1.54, 1.807) is 12.1 Å². The summed E-state index contributed by atoms with van der Waals surface area (Å²) < 4.78 is 0. The minimum atomic E-state index is -1.00. The summed E-state index contributed by atoms with van der Waals surface area (Å²) in [6, 6.07) is 6.48. The van der Waals surface area contributed by atoms with Gasteiger partial charge in [0.15, 0.2) is 0 Å². The zero-order chi connectivity index (χ0) is 11.6. The smallest absolute Gasteiger partial charge is 0.325 e. The number of hydrogen-bond donors (Lipinski definition) is 2. The molecule has 0 aliphatic rings. The zero-order valence-corrected chi connectivity index (χ0v) is 10.5. The van der Waals surface area contributed by atoms with Gasteiger partial charge in [-0.3, -0.25) is 4.79 Å². The van der Waals surface area contributed by atoms with E-state index in [0.717, 1.165) is 0 Å². The molecule has 0 radical (unpaired) electrons. The van der Waals surface area contributed by atoms with Crippen molar-refractivity contribution in [1.82, 2.24) is 0 Å². The summed E-state index contributed by atoms with van der Waals surface area (Å²) in [7, 11) is 0. The normalized spacial score (nSPS) is 12.8. The van der Waals surface area contributed by atoms with Crippen LogP contribution in [0, 0.1) is 0 Å². The van der Waals surface area contributed by atoms with Crippen LogP contribution in [0.3, 0.4) is 0 Å². The molecule has 0 saturated heterocycles. The van der Waals surface area contributed by atoms with Gasteiger partial charge in [0.1, 0.15) is 6.04 Å². The Balaban J connectivity index is 0.00000225. The maximum atomic E-state index is 10.7. The van der Waals surface area contributed by atoms with Gasteiger partial charge in [-0.2, -0.15) is 0 Å². The second-order valence-corrected chi connectivity index (χ2v) is 4.69. The Morgan fingerprint density at radius 1 is 1.25 bits per heavy atom. The van der Waals surface area contributed by atoms with Crippen LogP contribution >= 0.6 is 12.4 Å². The predicted molar refractivity (Wildman–Crippen MR) is 67.0 cm³/mol. The van der Waals surface area contributed by atoms with Crippen molar-refractivity contribution in [2.24, 2.45) is 5.73 Å². The minimum absolute atomic E-state index is 0. The van der Waals surface area contributed by atoms with Crippen LogP contribution in [0.5, 0.6) is 0 Å². The molecular weight excluding hydrogens is 226 g/mol. The Morgan fingerprint density at radius 2 is 1.69 bits per heavy atom. The van der Waals surface area contributed by atoms with Gasteiger partial charge in [-0.15, -0.1) is 12.4 Å². The number of hydrogen-bond acceptors (Lipinski definition) is 2. The van der Waals surface area contributed by atoms with E-state index < -0.39 is 12.0 Å². The first kappa shape index (κ1) is 14.9. The Morgan fingerprint density at radius 3 is 2.00 bits per heavy atom. The van der Waals surface area contributed by atoms with E-state index in [1.807, 2.05) is 12.1 Å². The van der Waals surface area contributed by atoms with Crippen LogP contribution in [-0.2, 0) is 10.2 Å². The van der Waals surface area contributed by atoms with Gasteiger partial charge in [0.05, 0.1) is 0 Å². The van der Waals surface area contributed by atoms with E-state index in [0.29, 0.717) is 5.56 Å². The quantitative estimate of drug-likeness (QED) is 0.839. The van der Waals surface area contributed by atoms with Crippen molar-refractivity contribution in [3.63, 3.8) is 0 Å². The molecule has 0 fully saturated rings. The van der Waals surface area contributed by atoms with Gasteiger partial charge >= 0.3 is 5.97 Å². The summed E-state index contributed by atoms with van der Waals surface area (Å²) in [5.74, 6) is -1.00. The maximum absolute atomic E-state index is 10.7. The molecule has 0 aliphatic heterocycles. The van der Waals surface area contributed by atoms with Crippen molar-refractivity contribution in [2.45, 2.75) is 32.2 Å². The molecule has 0 amide bonds. The fourth-order valence-electron chi connectivity index (χ4n) is 1.33. The van der Waals surface area contributed by atoms with Crippen molar-refractivity contribution in [1.29, 1.82) is 0 Å². The van der Waals surface area contributed by atoms with Crippen molar-refractivity contribution in [3.8, 4) is 0 Å². The molecule has 0 heterocycles. The van der Waals surface area contributed by atoms with Crippen molar-refractivity contribution in [3.05, 3.63) is 35.4 Å². The maximum Gasteiger partial charge on any atom is 0.325 e. The summed E-state index contributed by atoms with van der Waals surface area (Å²) in [6.45, 7) is 6.33. The highest BCUT2D eigenvalue weighted by atomic mass is 35.5. The molecule has 1 aromatic carbocycles. The first-order valence-electron chi connectivity index (χ1n) is 4.91. The molecular formula is C12H18ClNO2.